The molecular weight excluding hydrogens is 366 g/mol. The molecule has 2 aromatic carbocycles. The number of aromatic nitrogens is 1. The Morgan fingerprint density at radius 1 is 1.04 bits per heavy atom. The van der Waals surface area contributed by atoms with Crippen LogP contribution in [0, 0.1) is 6.92 Å². The molecule has 3 aromatic rings. The topological polar surface area (TPSA) is 54.0 Å². The molecule has 0 aliphatic rings. The minimum absolute atomic E-state index is 0.174. The fourth-order valence-electron chi connectivity index (χ4n) is 2.23. The third-order valence-corrected chi connectivity index (χ3v) is 4.06. The van der Waals surface area contributed by atoms with Crippen LogP contribution in [-0.4, -0.2) is 10.9 Å². The van der Waals surface area contributed by atoms with E-state index in [1.165, 1.54) is 0 Å². The van der Waals surface area contributed by atoms with Crippen LogP contribution in [0.15, 0.2) is 71.3 Å². The molecule has 0 radical (unpaired) electrons. The normalized spacial score (nSPS) is 10.2. The zero-order valence-electron chi connectivity index (χ0n) is 13.1. The molecule has 0 fully saturated rings. The summed E-state index contributed by atoms with van der Waals surface area (Å²) in [7, 11) is 0. The van der Waals surface area contributed by atoms with Crippen molar-refractivity contribution >= 4 is 39.0 Å². The first-order chi connectivity index (χ1) is 11.6. The fraction of sp³-hybridized carbons (Fsp3) is 0.0526. The maximum atomic E-state index is 12.4. The highest BCUT2D eigenvalue weighted by molar-refractivity contribution is 9.10. The molecule has 120 valence electrons. The van der Waals surface area contributed by atoms with E-state index in [1.54, 1.807) is 18.3 Å². The van der Waals surface area contributed by atoms with E-state index in [0.717, 1.165) is 21.4 Å². The number of hydrogen-bond donors (Lipinski definition) is 2. The van der Waals surface area contributed by atoms with Gasteiger partial charge in [0.1, 0.15) is 5.82 Å². The van der Waals surface area contributed by atoms with Gasteiger partial charge >= 0.3 is 0 Å². The highest BCUT2D eigenvalue weighted by Crippen LogP contribution is 2.20. The first-order valence-corrected chi connectivity index (χ1v) is 8.27. The van der Waals surface area contributed by atoms with Crippen LogP contribution in [-0.2, 0) is 0 Å². The van der Waals surface area contributed by atoms with E-state index in [4.69, 9.17) is 0 Å². The standard InChI is InChI=1S/C19H16BrN3O/c1-13-4-2-3-5-17(13)23-18-12-14(10-11-21-18)19(24)22-16-8-6-15(20)7-9-16/h2-12H,1H3,(H,21,23)(H,22,24). The van der Waals surface area contributed by atoms with Crippen LogP contribution >= 0.6 is 15.9 Å². The lowest BCUT2D eigenvalue weighted by Crippen LogP contribution is -2.12. The van der Waals surface area contributed by atoms with Crippen molar-refractivity contribution in [2.24, 2.45) is 0 Å². The van der Waals surface area contributed by atoms with Gasteiger partial charge in [0.2, 0.25) is 0 Å². The van der Waals surface area contributed by atoms with Crippen LogP contribution in [0.5, 0.6) is 0 Å². The van der Waals surface area contributed by atoms with Gasteiger partial charge in [-0.1, -0.05) is 34.1 Å². The van der Waals surface area contributed by atoms with Crippen molar-refractivity contribution in [1.29, 1.82) is 0 Å². The first kappa shape index (κ1) is 16.2. The molecule has 1 heterocycles. The Morgan fingerprint density at radius 2 is 1.79 bits per heavy atom. The van der Waals surface area contributed by atoms with Crippen molar-refractivity contribution in [1.82, 2.24) is 4.98 Å². The number of carbonyl (C=O) groups is 1. The third kappa shape index (κ3) is 4.00. The summed E-state index contributed by atoms with van der Waals surface area (Å²) in [6, 6.07) is 18.8. The van der Waals surface area contributed by atoms with Gasteiger partial charge in [-0.05, 0) is 55.0 Å². The van der Waals surface area contributed by atoms with E-state index in [0.29, 0.717) is 11.4 Å². The Balaban J connectivity index is 1.76. The van der Waals surface area contributed by atoms with Crippen LogP contribution in [0.3, 0.4) is 0 Å². The second-order valence-corrected chi connectivity index (χ2v) is 6.25. The summed E-state index contributed by atoms with van der Waals surface area (Å²) in [5, 5.41) is 6.11. The number of nitrogens with one attached hydrogen (secondary N) is 2. The number of rotatable bonds is 4. The molecule has 0 saturated heterocycles. The van der Waals surface area contributed by atoms with E-state index in [2.05, 4.69) is 31.5 Å². The van der Waals surface area contributed by atoms with Gasteiger partial charge in [-0.3, -0.25) is 4.79 Å². The van der Waals surface area contributed by atoms with Gasteiger partial charge in [0.05, 0.1) is 0 Å². The minimum atomic E-state index is -0.174. The minimum Gasteiger partial charge on any atom is -0.340 e. The van der Waals surface area contributed by atoms with E-state index in [1.807, 2.05) is 55.5 Å². The van der Waals surface area contributed by atoms with Crippen molar-refractivity contribution in [3.63, 3.8) is 0 Å². The van der Waals surface area contributed by atoms with Gasteiger partial charge in [0.15, 0.2) is 0 Å². The second kappa shape index (κ2) is 7.27. The number of para-hydroxylation sites is 1. The highest BCUT2D eigenvalue weighted by atomic mass is 79.9. The van der Waals surface area contributed by atoms with Crippen LogP contribution < -0.4 is 10.6 Å². The van der Waals surface area contributed by atoms with Crippen LogP contribution in [0.4, 0.5) is 17.2 Å². The van der Waals surface area contributed by atoms with Gasteiger partial charge in [-0.15, -0.1) is 0 Å². The number of amides is 1. The number of benzene rings is 2. The molecule has 5 heteroatoms. The summed E-state index contributed by atoms with van der Waals surface area (Å²) in [6.45, 7) is 2.02. The predicted molar refractivity (Wildman–Crippen MR) is 101 cm³/mol. The quantitative estimate of drug-likeness (QED) is 0.656. The van der Waals surface area contributed by atoms with Crippen molar-refractivity contribution in [3.05, 3.63) is 82.5 Å². The van der Waals surface area contributed by atoms with Gasteiger partial charge in [0.25, 0.3) is 5.91 Å². The molecule has 0 unspecified atom stereocenters. The van der Waals surface area contributed by atoms with Crippen molar-refractivity contribution in [2.75, 3.05) is 10.6 Å². The number of carbonyl (C=O) groups excluding carboxylic acids is 1. The molecular formula is C19H16BrN3O. The lowest BCUT2D eigenvalue weighted by Gasteiger charge is -2.10. The van der Waals surface area contributed by atoms with Gasteiger partial charge in [-0.25, -0.2) is 4.98 Å². The summed E-state index contributed by atoms with van der Waals surface area (Å²) < 4.78 is 0.967. The second-order valence-electron chi connectivity index (χ2n) is 5.33. The molecule has 0 aliphatic carbocycles. The number of nitrogens with zero attached hydrogens (tertiary/aromatic N) is 1. The first-order valence-electron chi connectivity index (χ1n) is 7.47. The average molecular weight is 382 g/mol. The number of anilines is 3. The van der Waals surface area contributed by atoms with Crippen molar-refractivity contribution in [2.45, 2.75) is 6.92 Å². The predicted octanol–water partition coefficient (Wildman–Crippen LogP) is 5.15. The highest BCUT2D eigenvalue weighted by Gasteiger charge is 2.08. The largest absolute Gasteiger partial charge is 0.340 e. The molecule has 1 amide bonds. The van der Waals surface area contributed by atoms with Crippen molar-refractivity contribution < 1.29 is 4.79 Å². The summed E-state index contributed by atoms with van der Waals surface area (Å²) in [4.78, 5) is 16.7. The lowest BCUT2D eigenvalue weighted by atomic mass is 10.2. The van der Waals surface area contributed by atoms with E-state index in [9.17, 15) is 4.79 Å². The number of pyridine rings is 1. The number of aryl methyl sites for hydroxylation is 1. The molecule has 0 atom stereocenters. The summed E-state index contributed by atoms with van der Waals surface area (Å²) >= 11 is 3.37. The SMILES string of the molecule is Cc1ccccc1Nc1cc(C(=O)Nc2ccc(Br)cc2)ccn1. The molecule has 1 aromatic heterocycles. The molecule has 3 rings (SSSR count). The van der Waals surface area contributed by atoms with E-state index < -0.39 is 0 Å². The Kier molecular flexibility index (Phi) is 4.91. The maximum Gasteiger partial charge on any atom is 0.255 e. The Bertz CT molecular complexity index is 862. The molecule has 4 nitrogen and oxygen atoms in total. The monoisotopic (exact) mass is 381 g/mol. The van der Waals surface area contributed by atoms with Crippen LogP contribution in [0.1, 0.15) is 15.9 Å². The van der Waals surface area contributed by atoms with Gasteiger partial charge in [-0.2, -0.15) is 0 Å². The number of halogens is 1. The fourth-order valence-corrected chi connectivity index (χ4v) is 2.49. The summed E-state index contributed by atoms with van der Waals surface area (Å²) in [6.07, 6.45) is 1.62. The maximum absolute atomic E-state index is 12.4. The zero-order chi connectivity index (χ0) is 16.9. The van der Waals surface area contributed by atoms with E-state index in [-0.39, 0.29) is 5.91 Å². The summed E-state index contributed by atoms with van der Waals surface area (Å²) in [5.41, 5.74) is 3.37. The Morgan fingerprint density at radius 3 is 2.54 bits per heavy atom. The van der Waals surface area contributed by atoms with E-state index >= 15 is 0 Å². The lowest BCUT2D eigenvalue weighted by molar-refractivity contribution is 0.102. The average Bonchev–Trinajstić information content (AvgIpc) is 2.59. The molecule has 0 aliphatic heterocycles. The van der Waals surface area contributed by atoms with Crippen LogP contribution in [0.25, 0.3) is 0 Å². The van der Waals surface area contributed by atoms with Crippen LogP contribution in [0.2, 0.25) is 0 Å². The Labute approximate surface area is 149 Å². The number of hydrogen-bond acceptors (Lipinski definition) is 3. The molecule has 24 heavy (non-hydrogen) atoms. The molecule has 2 N–H and O–H groups in total. The van der Waals surface area contributed by atoms with Gasteiger partial charge < -0.3 is 10.6 Å². The third-order valence-electron chi connectivity index (χ3n) is 3.53. The Hall–Kier alpha value is -2.66. The van der Waals surface area contributed by atoms with Crippen molar-refractivity contribution in [3.8, 4) is 0 Å². The molecule has 0 spiro atoms. The molecule has 0 bridgehead atoms. The molecule has 0 saturated carbocycles. The summed E-state index contributed by atoms with van der Waals surface area (Å²) in [5.74, 6) is 0.459. The van der Waals surface area contributed by atoms with Gasteiger partial charge in [0, 0.05) is 27.6 Å². The smallest absolute Gasteiger partial charge is 0.255 e. The zero-order valence-corrected chi connectivity index (χ0v) is 14.7.